The van der Waals surface area contributed by atoms with Gasteiger partial charge in [0.05, 0.1) is 5.56 Å². The van der Waals surface area contributed by atoms with E-state index >= 15 is 0 Å². The second-order valence-electron chi connectivity index (χ2n) is 4.22. The lowest BCUT2D eigenvalue weighted by Crippen LogP contribution is -2.47. The molecule has 98 valence electrons. The summed E-state index contributed by atoms with van der Waals surface area (Å²) in [4.78, 5) is 15.6. The molecular weight excluding hydrogens is 247 g/mol. The fraction of sp³-hybridized carbons (Fsp3) is 0.455. The largest absolute Gasteiger partial charge is 0.411 e. The Morgan fingerprint density at radius 2 is 2.06 bits per heavy atom. The van der Waals surface area contributed by atoms with E-state index in [1.54, 1.807) is 7.05 Å². The molecule has 1 fully saturated rings. The van der Waals surface area contributed by atoms with Crippen LogP contribution in [0, 0.1) is 0 Å². The Morgan fingerprint density at radius 3 is 2.44 bits per heavy atom. The van der Waals surface area contributed by atoms with E-state index in [9.17, 15) is 18.0 Å². The maximum Gasteiger partial charge on any atom is 0.411 e. The van der Waals surface area contributed by atoms with E-state index in [0.29, 0.717) is 5.82 Å². The lowest BCUT2D eigenvalue weighted by Gasteiger charge is -2.20. The zero-order chi connectivity index (χ0) is 13.4. The van der Waals surface area contributed by atoms with Crippen molar-refractivity contribution in [1.82, 2.24) is 10.3 Å². The molecule has 0 unspecified atom stereocenters. The zero-order valence-corrected chi connectivity index (χ0v) is 9.64. The van der Waals surface area contributed by atoms with Crippen molar-refractivity contribution < 1.29 is 18.0 Å². The van der Waals surface area contributed by atoms with E-state index in [1.165, 1.54) is 18.3 Å². The molecule has 1 heterocycles. The van der Waals surface area contributed by atoms with Crippen LogP contribution < -0.4 is 10.6 Å². The number of rotatable bonds is 3. The van der Waals surface area contributed by atoms with Crippen LogP contribution in [0.3, 0.4) is 0 Å². The first-order valence-corrected chi connectivity index (χ1v) is 5.41. The second-order valence-corrected chi connectivity index (χ2v) is 4.22. The summed E-state index contributed by atoms with van der Waals surface area (Å²) in [6, 6.07) is 2.96. The van der Waals surface area contributed by atoms with E-state index in [4.69, 9.17) is 0 Å². The molecule has 1 amide bonds. The van der Waals surface area contributed by atoms with Gasteiger partial charge in [-0.25, -0.2) is 4.98 Å². The summed E-state index contributed by atoms with van der Waals surface area (Å²) in [6.07, 6.45) is -3.29. The summed E-state index contributed by atoms with van der Waals surface area (Å²) in [5.41, 5.74) is -1.92. The maximum atomic E-state index is 12.7. The van der Waals surface area contributed by atoms with Gasteiger partial charge in [0.15, 0.2) is 0 Å². The Bertz CT molecular complexity index is 452. The van der Waals surface area contributed by atoms with Crippen LogP contribution in [0.2, 0.25) is 0 Å². The third kappa shape index (κ3) is 2.25. The first-order valence-electron chi connectivity index (χ1n) is 5.41. The van der Waals surface area contributed by atoms with Crippen LogP contribution >= 0.6 is 0 Å². The highest BCUT2D eigenvalue weighted by atomic mass is 19.4. The Kier molecular flexibility index (Phi) is 2.92. The smallest absolute Gasteiger partial charge is 0.373 e. The fourth-order valence-corrected chi connectivity index (χ4v) is 1.57. The number of pyridine rings is 1. The Labute approximate surface area is 102 Å². The summed E-state index contributed by atoms with van der Waals surface area (Å²) in [6.45, 7) is 0. The van der Waals surface area contributed by atoms with Gasteiger partial charge in [-0.05, 0) is 25.0 Å². The molecule has 2 rings (SSSR count). The molecule has 0 spiro atoms. The topological polar surface area (TPSA) is 54.0 Å². The first kappa shape index (κ1) is 12.7. The molecule has 0 atom stereocenters. The minimum Gasteiger partial charge on any atom is -0.373 e. The lowest BCUT2D eigenvalue weighted by atomic mass is 10.2. The Morgan fingerprint density at radius 1 is 1.39 bits per heavy atom. The van der Waals surface area contributed by atoms with Gasteiger partial charge in [0, 0.05) is 13.2 Å². The Hall–Kier alpha value is -1.79. The average Bonchev–Trinajstić information content (AvgIpc) is 3.09. The molecule has 1 aliphatic rings. The van der Waals surface area contributed by atoms with E-state index in [0.717, 1.165) is 0 Å². The van der Waals surface area contributed by atoms with Gasteiger partial charge in [0.1, 0.15) is 11.4 Å². The summed E-state index contributed by atoms with van der Waals surface area (Å²) >= 11 is 0. The fourth-order valence-electron chi connectivity index (χ4n) is 1.57. The molecule has 7 heteroatoms. The predicted molar refractivity (Wildman–Crippen MR) is 59.3 cm³/mol. The molecule has 1 saturated carbocycles. The van der Waals surface area contributed by atoms with E-state index in [-0.39, 0.29) is 18.4 Å². The molecule has 0 saturated heterocycles. The molecule has 0 bridgehead atoms. The highest BCUT2D eigenvalue weighted by molar-refractivity contribution is 5.94. The van der Waals surface area contributed by atoms with Crippen molar-refractivity contribution in [2.45, 2.75) is 24.6 Å². The molecule has 2 N–H and O–H groups in total. The number of hydrogen-bond donors (Lipinski definition) is 2. The molecule has 18 heavy (non-hydrogen) atoms. The van der Waals surface area contributed by atoms with Crippen molar-refractivity contribution in [3.05, 3.63) is 23.9 Å². The number of nitrogens with zero attached hydrogens (tertiary/aromatic N) is 1. The summed E-state index contributed by atoms with van der Waals surface area (Å²) in [5.74, 6) is -0.205. The number of alkyl halides is 3. The number of amides is 1. The number of carbonyl (C=O) groups is 1. The van der Waals surface area contributed by atoms with Crippen molar-refractivity contribution in [3.8, 4) is 0 Å². The molecule has 4 nitrogen and oxygen atoms in total. The number of nitrogens with one attached hydrogen (secondary N) is 2. The number of anilines is 1. The third-order valence-electron chi connectivity index (χ3n) is 2.93. The van der Waals surface area contributed by atoms with Gasteiger partial charge >= 0.3 is 6.18 Å². The minimum absolute atomic E-state index is 0.0652. The molecule has 0 aromatic carbocycles. The normalized spacial score (nSPS) is 17.1. The van der Waals surface area contributed by atoms with Crippen LogP contribution in [-0.2, 0) is 0 Å². The quantitative estimate of drug-likeness (QED) is 0.872. The van der Waals surface area contributed by atoms with Crippen molar-refractivity contribution in [2.75, 3.05) is 12.4 Å². The van der Waals surface area contributed by atoms with Gasteiger partial charge in [-0.2, -0.15) is 13.2 Å². The number of carbonyl (C=O) groups excluding carboxylic acids is 1. The molecule has 1 aromatic rings. The first-order chi connectivity index (χ1) is 8.38. The van der Waals surface area contributed by atoms with Gasteiger partial charge in [0.25, 0.3) is 5.91 Å². The highest BCUT2D eigenvalue weighted by Gasteiger charge is 2.64. The summed E-state index contributed by atoms with van der Waals surface area (Å²) in [7, 11) is 1.66. The number of aromatic nitrogens is 1. The average molecular weight is 259 g/mol. The predicted octanol–water partition coefficient (Wildman–Crippen LogP) is 1.95. The zero-order valence-electron chi connectivity index (χ0n) is 9.64. The van der Waals surface area contributed by atoms with Crippen LogP contribution in [0.25, 0.3) is 0 Å². The molecule has 0 aliphatic heterocycles. The van der Waals surface area contributed by atoms with Gasteiger partial charge in [-0.1, -0.05) is 0 Å². The van der Waals surface area contributed by atoms with Crippen molar-refractivity contribution in [3.63, 3.8) is 0 Å². The standard InChI is InChI=1S/C11H12F3N3O/c1-15-8-3-2-7(6-16-8)9(18)17-10(4-5-10)11(12,13)14/h2-3,6H,4-5H2,1H3,(H,15,16)(H,17,18). The van der Waals surface area contributed by atoms with Gasteiger partial charge < -0.3 is 10.6 Å². The molecule has 0 radical (unpaired) electrons. The second kappa shape index (κ2) is 4.15. The summed E-state index contributed by atoms with van der Waals surface area (Å²) < 4.78 is 38.0. The SMILES string of the molecule is CNc1ccc(C(=O)NC2(C(F)(F)F)CC2)cn1. The number of hydrogen-bond acceptors (Lipinski definition) is 3. The molecule has 1 aromatic heterocycles. The van der Waals surface area contributed by atoms with E-state index in [1.807, 2.05) is 5.32 Å². The Balaban J connectivity index is 2.08. The van der Waals surface area contributed by atoms with Gasteiger partial charge in [-0.3, -0.25) is 4.79 Å². The van der Waals surface area contributed by atoms with Crippen LogP contribution in [0.15, 0.2) is 18.3 Å². The van der Waals surface area contributed by atoms with Crippen LogP contribution in [0.4, 0.5) is 19.0 Å². The molecule has 1 aliphatic carbocycles. The van der Waals surface area contributed by atoms with Gasteiger partial charge in [0.2, 0.25) is 0 Å². The monoisotopic (exact) mass is 259 g/mol. The van der Waals surface area contributed by atoms with Crippen LogP contribution in [-0.4, -0.2) is 29.7 Å². The van der Waals surface area contributed by atoms with Crippen molar-refractivity contribution >= 4 is 11.7 Å². The van der Waals surface area contributed by atoms with E-state index < -0.39 is 17.6 Å². The van der Waals surface area contributed by atoms with Crippen LogP contribution in [0.1, 0.15) is 23.2 Å². The van der Waals surface area contributed by atoms with Crippen molar-refractivity contribution in [1.29, 1.82) is 0 Å². The van der Waals surface area contributed by atoms with Gasteiger partial charge in [-0.15, -0.1) is 0 Å². The third-order valence-corrected chi connectivity index (χ3v) is 2.93. The minimum atomic E-state index is -4.40. The molecular formula is C11H12F3N3O. The highest BCUT2D eigenvalue weighted by Crippen LogP contribution is 2.49. The lowest BCUT2D eigenvalue weighted by molar-refractivity contribution is -0.163. The van der Waals surface area contributed by atoms with Crippen molar-refractivity contribution in [2.24, 2.45) is 0 Å². The summed E-state index contributed by atoms with van der Waals surface area (Å²) in [5, 5.41) is 4.79. The van der Waals surface area contributed by atoms with Crippen LogP contribution in [0.5, 0.6) is 0 Å². The number of halogens is 3. The van der Waals surface area contributed by atoms with E-state index in [2.05, 4.69) is 10.3 Å². The maximum absolute atomic E-state index is 12.7.